The Labute approximate surface area is 233 Å². The Morgan fingerprint density at radius 1 is 1.00 bits per heavy atom. The summed E-state index contributed by atoms with van der Waals surface area (Å²) in [6, 6.07) is 17.4. The van der Waals surface area contributed by atoms with Gasteiger partial charge < -0.3 is 15.0 Å². The number of nitrogens with zero attached hydrogens (tertiary/aromatic N) is 2. The maximum atomic E-state index is 13.9. The first-order valence-corrected chi connectivity index (χ1v) is 14.9. The number of benzene rings is 3. The van der Waals surface area contributed by atoms with Gasteiger partial charge in [-0.15, -0.1) is 11.8 Å². The van der Waals surface area contributed by atoms with Crippen molar-refractivity contribution >= 4 is 39.3 Å². The van der Waals surface area contributed by atoms with Crippen molar-refractivity contribution in [1.82, 2.24) is 10.2 Å². The van der Waals surface area contributed by atoms with Gasteiger partial charge in [-0.1, -0.05) is 12.1 Å². The Bertz CT molecular complexity index is 1370. The van der Waals surface area contributed by atoms with Crippen LogP contribution in [0, 0.1) is 5.82 Å². The molecule has 208 valence electrons. The van der Waals surface area contributed by atoms with Gasteiger partial charge >= 0.3 is 0 Å². The lowest BCUT2D eigenvalue weighted by molar-refractivity contribution is -0.139. The summed E-state index contributed by atoms with van der Waals surface area (Å²) in [5.74, 6) is -0.904. The normalized spacial score (nSPS) is 11.9. The molecule has 3 aromatic rings. The first-order chi connectivity index (χ1) is 18.6. The van der Waals surface area contributed by atoms with Crippen LogP contribution in [0.25, 0.3) is 0 Å². The molecule has 3 rings (SSSR count). The van der Waals surface area contributed by atoms with Crippen molar-refractivity contribution in [3.05, 3.63) is 84.2 Å². The van der Waals surface area contributed by atoms with Gasteiger partial charge in [0, 0.05) is 18.5 Å². The minimum absolute atomic E-state index is 0.0198. The third-order valence-corrected chi connectivity index (χ3v) is 8.57. The summed E-state index contributed by atoms with van der Waals surface area (Å²) in [4.78, 5) is 28.5. The van der Waals surface area contributed by atoms with Crippen molar-refractivity contribution in [2.75, 3.05) is 30.8 Å². The number of sulfonamides is 1. The van der Waals surface area contributed by atoms with Gasteiger partial charge in [-0.3, -0.25) is 13.9 Å². The quantitative estimate of drug-likeness (QED) is 0.325. The molecule has 0 heterocycles. The fourth-order valence-electron chi connectivity index (χ4n) is 3.86. The number of carbonyl (C=O) groups is 2. The molecule has 0 saturated heterocycles. The van der Waals surface area contributed by atoms with E-state index in [2.05, 4.69) is 5.32 Å². The third kappa shape index (κ3) is 7.51. The Balaban J connectivity index is 2.02. The molecule has 0 bridgehead atoms. The van der Waals surface area contributed by atoms with E-state index >= 15 is 0 Å². The predicted octanol–water partition coefficient (Wildman–Crippen LogP) is 4.30. The molecule has 1 atom stereocenters. The second kappa shape index (κ2) is 13.5. The highest BCUT2D eigenvalue weighted by Gasteiger charge is 2.32. The number of ether oxygens (including phenoxy) is 1. The van der Waals surface area contributed by atoms with Crippen LogP contribution in [0.3, 0.4) is 0 Å². The summed E-state index contributed by atoms with van der Waals surface area (Å²) in [6.45, 7) is 3.25. The Morgan fingerprint density at radius 2 is 1.62 bits per heavy atom. The van der Waals surface area contributed by atoms with Gasteiger partial charge in [0.1, 0.15) is 24.2 Å². The lowest BCUT2D eigenvalue weighted by Gasteiger charge is -2.31. The van der Waals surface area contributed by atoms with Crippen molar-refractivity contribution in [3.8, 4) is 5.75 Å². The second-order valence-electron chi connectivity index (χ2n) is 8.55. The van der Waals surface area contributed by atoms with Gasteiger partial charge in [-0.2, -0.15) is 0 Å². The number of thioether (sulfide) groups is 1. The van der Waals surface area contributed by atoms with Crippen LogP contribution in [0.2, 0.25) is 0 Å². The summed E-state index contributed by atoms with van der Waals surface area (Å²) >= 11 is 1.48. The molecule has 0 fully saturated rings. The lowest BCUT2D eigenvalue weighted by atomic mass is 10.1. The van der Waals surface area contributed by atoms with Crippen molar-refractivity contribution in [1.29, 1.82) is 0 Å². The van der Waals surface area contributed by atoms with Crippen LogP contribution in [-0.2, 0) is 26.2 Å². The average Bonchev–Trinajstić information content (AvgIpc) is 2.95. The summed E-state index contributed by atoms with van der Waals surface area (Å²) < 4.78 is 47.7. The van der Waals surface area contributed by atoms with E-state index in [0.29, 0.717) is 17.9 Å². The van der Waals surface area contributed by atoms with Crippen molar-refractivity contribution in [2.24, 2.45) is 0 Å². The minimum Gasteiger partial charge on any atom is -0.494 e. The molecule has 3 aromatic carbocycles. The molecule has 0 saturated carbocycles. The Kier molecular flexibility index (Phi) is 10.4. The van der Waals surface area contributed by atoms with Crippen molar-refractivity contribution in [2.45, 2.75) is 36.2 Å². The van der Waals surface area contributed by atoms with Crippen molar-refractivity contribution < 1.29 is 27.1 Å². The zero-order valence-electron chi connectivity index (χ0n) is 22.3. The zero-order valence-corrected chi connectivity index (χ0v) is 23.9. The standard InChI is InChI=1S/C28H32FN3O5S2/c1-5-37-24-12-10-23(11-13-24)32(39(35,36)26-16-14-25(38-4)15-17-26)19-27(33)31(20(2)28(34)30-3)18-21-6-8-22(29)9-7-21/h6-17,20H,5,18-19H2,1-4H3,(H,30,34). The summed E-state index contributed by atoms with van der Waals surface area (Å²) in [7, 11) is -2.72. The van der Waals surface area contributed by atoms with Gasteiger partial charge in [0.05, 0.1) is 17.2 Å². The van der Waals surface area contributed by atoms with Crippen LogP contribution in [-0.4, -0.2) is 57.6 Å². The highest BCUT2D eigenvalue weighted by atomic mass is 32.2. The van der Waals surface area contributed by atoms with Crippen LogP contribution in [0.5, 0.6) is 5.75 Å². The molecule has 0 spiro atoms. The molecule has 1 N–H and O–H groups in total. The number of carbonyl (C=O) groups excluding carboxylic acids is 2. The van der Waals surface area contributed by atoms with Crippen molar-refractivity contribution in [3.63, 3.8) is 0 Å². The molecule has 0 aliphatic heterocycles. The molecular formula is C28H32FN3O5S2. The van der Waals surface area contributed by atoms with Crippen LogP contribution in [0.15, 0.2) is 82.6 Å². The van der Waals surface area contributed by atoms with Gasteiger partial charge in [0.2, 0.25) is 11.8 Å². The van der Waals surface area contributed by atoms with Gasteiger partial charge in [-0.05, 0) is 86.3 Å². The number of anilines is 1. The highest BCUT2D eigenvalue weighted by molar-refractivity contribution is 7.98. The summed E-state index contributed by atoms with van der Waals surface area (Å²) in [5, 5.41) is 2.52. The molecule has 0 aliphatic rings. The topological polar surface area (TPSA) is 96.0 Å². The van der Waals surface area contributed by atoms with Gasteiger partial charge in [0.25, 0.3) is 10.0 Å². The molecular weight excluding hydrogens is 541 g/mol. The predicted molar refractivity (Wildman–Crippen MR) is 151 cm³/mol. The number of nitrogens with one attached hydrogen (secondary N) is 1. The summed E-state index contributed by atoms with van der Waals surface area (Å²) in [6.07, 6.45) is 1.89. The van der Waals surface area contributed by atoms with E-state index in [1.54, 1.807) is 43.3 Å². The second-order valence-corrected chi connectivity index (χ2v) is 11.3. The van der Waals surface area contributed by atoms with Gasteiger partial charge in [-0.25, -0.2) is 12.8 Å². The Morgan fingerprint density at radius 3 is 2.15 bits per heavy atom. The zero-order chi connectivity index (χ0) is 28.6. The van der Waals surface area contributed by atoms with E-state index in [1.165, 1.54) is 60.1 Å². The molecule has 0 aromatic heterocycles. The van der Waals surface area contributed by atoms with Crippen LogP contribution in [0.4, 0.5) is 10.1 Å². The van der Waals surface area contributed by atoms with E-state index < -0.39 is 40.2 Å². The maximum Gasteiger partial charge on any atom is 0.264 e. The first kappa shape index (κ1) is 30.0. The fourth-order valence-corrected chi connectivity index (χ4v) is 5.68. The van der Waals surface area contributed by atoms with E-state index in [4.69, 9.17) is 4.74 Å². The number of likely N-dealkylation sites (N-methyl/N-ethyl adjacent to an activating group) is 1. The number of hydrogen-bond donors (Lipinski definition) is 1. The molecule has 2 amide bonds. The van der Waals surface area contributed by atoms with Crippen LogP contribution < -0.4 is 14.4 Å². The Hall–Kier alpha value is -3.57. The van der Waals surface area contributed by atoms with E-state index in [0.717, 1.165) is 9.20 Å². The molecule has 0 aliphatic carbocycles. The molecule has 11 heteroatoms. The average molecular weight is 574 g/mol. The van der Waals surface area contributed by atoms with E-state index in [9.17, 15) is 22.4 Å². The van der Waals surface area contributed by atoms with E-state index in [1.807, 2.05) is 13.2 Å². The van der Waals surface area contributed by atoms with Crippen LogP contribution in [0.1, 0.15) is 19.4 Å². The van der Waals surface area contributed by atoms with E-state index in [-0.39, 0.29) is 17.1 Å². The SMILES string of the molecule is CCOc1ccc(N(CC(=O)N(Cc2ccc(F)cc2)C(C)C(=O)NC)S(=O)(=O)c2ccc(SC)cc2)cc1. The monoisotopic (exact) mass is 573 g/mol. The first-order valence-electron chi connectivity index (χ1n) is 12.3. The number of amides is 2. The van der Waals surface area contributed by atoms with Crippen LogP contribution >= 0.6 is 11.8 Å². The number of rotatable bonds is 12. The fraction of sp³-hybridized carbons (Fsp3) is 0.286. The van der Waals surface area contributed by atoms with Gasteiger partial charge in [0.15, 0.2) is 0 Å². The third-order valence-electron chi connectivity index (χ3n) is 6.04. The summed E-state index contributed by atoms with van der Waals surface area (Å²) in [5.41, 5.74) is 0.846. The molecule has 8 nitrogen and oxygen atoms in total. The maximum absolute atomic E-state index is 13.9. The smallest absolute Gasteiger partial charge is 0.264 e. The lowest BCUT2D eigenvalue weighted by Crippen LogP contribution is -2.50. The molecule has 39 heavy (non-hydrogen) atoms. The highest BCUT2D eigenvalue weighted by Crippen LogP contribution is 2.28. The molecule has 0 radical (unpaired) electrons. The minimum atomic E-state index is -4.18. The molecule has 1 unspecified atom stereocenters. The number of hydrogen-bond acceptors (Lipinski definition) is 6. The largest absolute Gasteiger partial charge is 0.494 e. The number of halogens is 1.